The number of hydrogen-bond acceptors (Lipinski definition) is 5. The number of nitrogens with one attached hydrogen (secondary N) is 2. The Morgan fingerprint density at radius 1 is 1.11 bits per heavy atom. The summed E-state index contributed by atoms with van der Waals surface area (Å²) in [5.74, 6) is -1.83. The molecule has 0 saturated carbocycles. The lowest BCUT2D eigenvalue weighted by atomic mass is 9.98. The van der Waals surface area contributed by atoms with Crippen molar-refractivity contribution in [1.82, 2.24) is 19.8 Å². The molecule has 1 aliphatic carbocycles. The number of pyridine rings is 1. The molecule has 4 N–H and O–H groups in total. The molecule has 2 aromatic heterocycles. The summed E-state index contributed by atoms with van der Waals surface area (Å²) in [5, 5.41) is 24.5. The summed E-state index contributed by atoms with van der Waals surface area (Å²) in [5.41, 5.74) is 3.94. The maximum Gasteiger partial charge on any atom is 0.345 e. The highest BCUT2D eigenvalue weighted by Gasteiger charge is 2.26. The number of nitrogens with zero attached hydrogens (tertiary/aromatic N) is 2. The summed E-state index contributed by atoms with van der Waals surface area (Å²) in [7, 11) is 2.07. The number of aromatic carboxylic acids is 1. The molecule has 1 saturated heterocycles. The number of benzene rings is 1. The molecule has 8 nitrogen and oxygen atoms in total. The van der Waals surface area contributed by atoms with Crippen LogP contribution in [0.2, 0.25) is 0 Å². The Bertz CT molecular complexity index is 1300. The van der Waals surface area contributed by atoms with Gasteiger partial charge in [-0.2, -0.15) is 0 Å². The van der Waals surface area contributed by atoms with E-state index >= 15 is 0 Å². The van der Waals surface area contributed by atoms with E-state index in [1.807, 2.05) is 0 Å². The monoisotopic (exact) mass is 522 g/mol. The van der Waals surface area contributed by atoms with E-state index in [0.717, 1.165) is 54.5 Å². The molecule has 10 heteroatoms. The first kappa shape index (κ1) is 27.1. The molecule has 0 spiro atoms. The summed E-state index contributed by atoms with van der Waals surface area (Å²) in [6, 6.07) is 6.37. The Morgan fingerprint density at radius 2 is 1.86 bits per heavy atom. The molecule has 1 fully saturated rings. The predicted octanol–water partition coefficient (Wildman–Crippen LogP) is 3.46. The van der Waals surface area contributed by atoms with Gasteiger partial charge in [-0.3, -0.25) is 4.79 Å². The lowest BCUT2D eigenvalue weighted by molar-refractivity contribution is 0.0691. The highest BCUT2D eigenvalue weighted by molar-refractivity contribution is 5.93. The Balaban J connectivity index is 0.00000171. The maximum atomic E-state index is 12.4. The van der Waals surface area contributed by atoms with Crippen molar-refractivity contribution in [3.05, 3.63) is 50.9 Å². The van der Waals surface area contributed by atoms with Gasteiger partial charge in [0.25, 0.3) is 5.56 Å². The molecule has 2 aliphatic rings. The number of H-pyrrole nitrogens is 1. The largest absolute Gasteiger partial charge is 0.506 e. The number of rotatable bonds is 6. The van der Waals surface area contributed by atoms with Gasteiger partial charge in [0.05, 0.1) is 5.69 Å². The highest BCUT2D eigenvalue weighted by atomic mass is 35.5. The topological polar surface area (TPSA) is 111 Å². The average Bonchev–Trinajstić information content (AvgIpc) is 3.35. The van der Waals surface area contributed by atoms with Gasteiger partial charge in [0.1, 0.15) is 5.75 Å². The maximum absolute atomic E-state index is 12.4. The average molecular weight is 523 g/mol. The number of aromatic nitrogens is 2. The van der Waals surface area contributed by atoms with Crippen LogP contribution in [0.5, 0.6) is 5.75 Å². The van der Waals surface area contributed by atoms with Gasteiger partial charge in [-0.05, 0) is 69.0 Å². The van der Waals surface area contributed by atoms with Gasteiger partial charge in [-0.15, -0.1) is 24.8 Å². The van der Waals surface area contributed by atoms with Crippen LogP contribution in [0.1, 0.15) is 46.4 Å². The van der Waals surface area contributed by atoms with Crippen molar-refractivity contribution >= 4 is 41.7 Å². The number of halogens is 2. The van der Waals surface area contributed by atoms with Crippen molar-refractivity contribution in [3.8, 4) is 17.0 Å². The van der Waals surface area contributed by atoms with Crippen molar-refractivity contribution < 1.29 is 15.0 Å². The van der Waals surface area contributed by atoms with E-state index in [-0.39, 0.29) is 24.8 Å². The van der Waals surface area contributed by atoms with E-state index in [2.05, 4.69) is 45.0 Å². The number of likely N-dealkylation sites (tertiary alicyclic amines) is 1. The molecule has 1 aliphatic heterocycles. The van der Waals surface area contributed by atoms with Crippen LogP contribution >= 0.6 is 24.8 Å². The summed E-state index contributed by atoms with van der Waals surface area (Å²) in [6.45, 7) is 5.21. The Kier molecular flexibility index (Phi) is 8.54. The minimum absolute atomic E-state index is 0. The summed E-state index contributed by atoms with van der Waals surface area (Å²) in [6.07, 6.45) is 4.67. The summed E-state index contributed by atoms with van der Waals surface area (Å²) in [4.78, 5) is 29.1. The molecule has 0 unspecified atom stereocenters. The number of aromatic hydroxyl groups is 1. The third-order valence-corrected chi connectivity index (χ3v) is 7.12. The second kappa shape index (κ2) is 11.0. The molecule has 0 bridgehead atoms. The van der Waals surface area contributed by atoms with Crippen LogP contribution in [0.4, 0.5) is 0 Å². The lowest BCUT2D eigenvalue weighted by Crippen LogP contribution is -2.30. The number of fused-ring (bicyclic) bond motifs is 4. The molecule has 35 heavy (non-hydrogen) atoms. The minimum Gasteiger partial charge on any atom is -0.506 e. The highest BCUT2D eigenvalue weighted by Crippen LogP contribution is 2.38. The fourth-order valence-corrected chi connectivity index (χ4v) is 5.31. The first-order chi connectivity index (χ1) is 15.9. The molecule has 0 radical (unpaired) electrons. The number of aryl methyl sites for hydroxylation is 2. The van der Waals surface area contributed by atoms with Gasteiger partial charge in [-0.1, -0.05) is 0 Å². The predicted molar refractivity (Wildman–Crippen MR) is 142 cm³/mol. The van der Waals surface area contributed by atoms with Crippen molar-refractivity contribution in [3.63, 3.8) is 0 Å². The zero-order valence-electron chi connectivity index (χ0n) is 19.7. The molecule has 0 amide bonds. The number of hydrogen-bond donors (Lipinski definition) is 4. The molecular formula is C25H32Cl2N4O4. The van der Waals surface area contributed by atoms with Crippen molar-refractivity contribution in [1.29, 1.82) is 0 Å². The molecule has 3 aromatic rings. The van der Waals surface area contributed by atoms with Gasteiger partial charge >= 0.3 is 5.97 Å². The molecule has 0 atom stereocenters. The van der Waals surface area contributed by atoms with Crippen LogP contribution in [0.25, 0.3) is 22.2 Å². The van der Waals surface area contributed by atoms with E-state index < -0.39 is 22.8 Å². The Labute approximate surface area is 216 Å². The normalized spacial score (nSPS) is 15.1. The number of aromatic amines is 1. The molecule has 190 valence electrons. The molecule has 3 heterocycles. The van der Waals surface area contributed by atoms with E-state index in [4.69, 9.17) is 0 Å². The Hall–Kier alpha value is -2.52. The standard InChI is InChI=1S/C25H30N4O4.2ClH/c1-28-17(14-26-7-10-29-8-2-3-9-29)11-16-12-19-15(13-20(16)28)5-4-6-18-22(19)27-24(31)21(23(18)30)25(32)33;;/h11-13,26H,2-10,14H2,1H3,(H,32,33)(H2,27,30,31);2*1H. The molecule has 5 rings (SSSR count). The van der Waals surface area contributed by atoms with Crippen LogP contribution in [-0.2, 0) is 26.4 Å². The SMILES string of the molecule is Cl.Cl.Cn1c(CNCCN2CCCC2)cc2cc3c(cc21)CCCc1c-3[nH]c(=O)c(C(=O)O)c1O. The third-order valence-electron chi connectivity index (χ3n) is 7.12. The fourth-order valence-electron chi connectivity index (χ4n) is 5.31. The smallest absolute Gasteiger partial charge is 0.345 e. The first-order valence-electron chi connectivity index (χ1n) is 11.7. The van der Waals surface area contributed by atoms with Gasteiger partial charge in [0, 0.05) is 54.4 Å². The van der Waals surface area contributed by atoms with E-state index in [0.29, 0.717) is 17.7 Å². The second-order valence-electron chi connectivity index (χ2n) is 9.18. The van der Waals surface area contributed by atoms with Gasteiger partial charge in [0.15, 0.2) is 5.56 Å². The van der Waals surface area contributed by atoms with Crippen molar-refractivity contribution in [2.75, 3.05) is 26.2 Å². The summed E-state index contributed by atoms with van der Waals surface area (Å²) >= 11 is 0. The van der Waals surface area contributed by atoms with Crippen LogP contribution in [0, 0.1) is 0 Å². The Morgan fingerprint density at radius 3 is 2.57 bits per heavy atom. The molecule has 1 aromatic carbocycles. The van der Waals surface area contributed by atoms with Crippen LogP contribution in [0.3, 0.4) is 0 Å². The quantitative estimate of drug-likeness (QED) is 0.369. The fraction of sp³-hybridized carbons (Fsp3) is 0.440. The zero-order valence-corrected chi connectivity index (χ0v) is 21.4. The van der Waals surface area contributed by atoms with Crippen LogP contribution < -0.4 is 10.9 Å². The number of carboxylic acid groups (broad SMARTS) is 1. The number of carbonyl (C=O) groups is 1. The molecular weight excluding hydrogens is 491 g/mol. The zero-order chi connectivity index (χ0) is 23.1. The van der Waals surface area contributed by atoms with Gasteiger partial charge in [-0.25, -0.2) is 4.79 Å². The first-order valence-corrected chi connectivity index (χ1v) is 11.7. The van der Waals surface area contributed by atoms with Gasteiger partial charge in [0.2, 0.25) is 0 Å². The van der Waals surface area contributed by atoms with Crippen LogP contribution in [-0.4, -0.2) is 56.8 Å². The van der Waals surface area contributed by atoms with E-state index in [1.165, 1.54) is 31.6 Å². The minimum atomic E-state index is -1.42. The number of carboxylic acids is 1. The van der Waals surface area contributed by atoms with E-state index in [1.54, 1.807) is 0 Å². The van der Waals surface area contributed by atoms with Crippen molar-refractivity contribution in [2.45, 2.75) is 38.6 Å². The van der Waals surface area contributed by atoms with Gasteiger partial charge < -0.3 is 30.0 Å². The lowest BCUT2D eigenvalue weighted by Gasteiger charge is -2.15. The van der Waals surface area contributed by atoms with Crippen LogP contribution in [0.15, 0.2) is 23.0 Å². The third kappa shape index (κ3) is 5.07. The van der Waals surface area contributed by atoms with E-state index in [9.17, 15) is 19.8 Å². The summed E-state index contributed by atoms with van der Waals surface area (Å²) < 4.78 is 2.21. The van der Waals surface area contributed by atoms with Crippen molar-refractivity contribution in [2.24, 2.45) is 7.05 Å². The second-order valence-corrected chi connectivity index (χ2v) is 9.18.